The maximum atomic E-state index is 12.4. The summed E-state index contributed by atoms with van der Waals surface area (Å²) in [7, 11) is 0. The van der Waals surface area contributed by atoms with E-state index in [2.05, 4.69) is 19.9 Å². The molecular formula is C25H34O6. The summed E-state index contributed by atoms with van der Waals surface area (Å²) >= 11 is 0. The molecule has 3 rings (SSSR count). The highest BCUT2D eigenvalue weighted by Crippen LogP contribution is 2.52. The molecule has 0 amide bonds. The van der Waals surface area contributed by atoms with Gasteiger partial charge in [-0.2, -0.15) is 0 Å². The molecule has 0 N–H and O–H groups in total. The van der Waals surface area contributed by atoms with Crippen LogP contribution in [0.2, 0.25) is 0 Å². The summed E-state index contributed by atoms with van der Waals surface area (Å²) < 4.78 is 17.5. The van der Waals surface area contributed by atoms with Crippen LogP contribution in [0.5, 0.6) is 0 Å². The number of hydrogen-bond donors (Lipinski definition) is 0. The number of rotatable bonds is 3. The van der Waals surface area contributed by atoms with Crippen molar-refractivity contribution >= 4 is 17.9 Å². The minimum Gasteiger partial charge on any atom is -0.462 e. The lowest BCUT2D eigenvalue weighted by atomic mass is 9.59. The fraction of sp³-hybridized carbons (Fsp3) is 0.640. The normalized spacial score (nSPS) is 33.4. The van der Waals surface area contributed by atoms with Gasteiger partial charge in [-0.15, -0.1) is 0 Å². The fourth-order valence-electron chi connectivity index (χ4n) is 5.27. The second kappa shape index (κ2) is 9.01. The van der Waals surface area contributed by atoms with Crippen LogP contribution in [0.15, 0.2) is 34.4 Å². The Balaban J connectivity index is 2.15. The van der Waals surface area contributed by atoms with Gasteiger partial charge in [-0.3, -0.25) is 9.59 Å². The zero-order chi connectivity index (χ0) is 22.9. The van der Waals surface area contributed by atoms with E-state index >= 15 is 0 Å². The molecule has 6 heteroatoms. The standard InChI is InChI=1S/C25H34O6/c1-7-23(27)31-22-10-8-14(2)12-20-18(16(4)24(28)30-20)13-19-15(3)9-11-21(25(19,22)6)29-17(5)26/h9,12,19-22H,7-8,10-11,13H2,1-6H3. The van der Waals surface area contributed by atoms with Crippen LogP contribution in [0.3, 0.4) is 0 Å². The Morgan fingerprint density at radius 1 is 1.19 bits per heavy atom. The third-order valence-electron chi connectivity index (χ3n) is 7.24. The van der Waals surface area contributed by atoms with Gasteiger partial charge in [-0.05, 0) is 57.6 Å². The number of allylic oxidation sites excluding steroid dienone is 2. The average molecular weight is 431 g/mol. The van der Waals surface area contributed by atoms with Crippen molar-refractivity contribution in [1.82, 2.24) is 0 Å². The van der Waals surface area contributed by atoms with E-state index in [9.17, 15) is 14.4 Å². The van der Waals surface area contributed by atoms with Crippen molar-refractivity contribution in [1.29, 1.82) is 0 Å². The smallest absolute Gasteiger partial charge is 0.334 e. The summed E-state index contributed by atoms with van der Waals surface area (Å²) in [5.41, 5.74) is 3.21. The summed E-state index contributed by atoms with van der Waals surface area (Å²) in [5, 5.41) is 0. The number of esters is 3. The summed E-state index contributed by atoms with van der Waals surface area (Å²) in [6.07, 6.45) is 5.66. The molecular weight excluding hydrogens is 396 g/mol. The van der Waals surface area contributed by atoms with Crippen LogP contribution < -0.4 is 0 Å². The molecule has 0 spiro atoms. The first-order valence-corrected chi connectivity index (χ1v) is 11.2. The van der Waals surface area contributed by atoms with E-state index in [1.54, 1.807) is 6.92 Å². The number of carbonyl (C=O) groups is 3. The zero-order valence-electron chi connectivity index (χ0n) is 19.4. The van der Waals surface area contributed by atoms with Gasteiger partial charge in [0.1, 0.15) is 18.3 Å². The highest BCUT2D eigenvalue weighted by molar-refractivity contribution is 5.92. The predicted molar refractivity (Wildman–Crippen MR) is 116 cm³/mol. The van der Waals surface area contributed by atoms with E-state index in [0.29, 0.717) is 31.3 Å². The van der Waals surface area contributed by atoms with E-state index < -0.39 is 17.6 Å². The molecule has 1 heterocycles. The monoisotopic (exact) mass is 430 g/mol. The Hall–Kier alpha value is -2.37. The van der Waals surface area contributed by atoms with Gasteiger partial charge in [-0.1, -0.05) is 31.1 Å². The Bertz CT molecular complexity index is 863. The molecule has 31 heavy (non-hydrogen) atoms. The molecule has 0 radical (unpaired) electrons. The van der Waals surface area contributed by atoms with Crippen molar-refractivity contribution in [2.75, 3.05) is 0 Å². The first-order chi connectivity index (χ1) is 14.6. The van der Waals surface area contributed by atoms with E-state index in [4.69, 9.17) is 14.2 Å². The van der Waals surface area contributed by atoms with Gasteiger partial charge in [-0.25, -0.2) is 4.79 Å². The molecule has 0 saturated heterocycles. The van der Waals surface area contributed by atoms with Crippen LogP contribution in [-0.4, -0.2) is 36.2 Å². The number of hydrogen-bond acceptors (Lipinski definition) is 6. The summed E-state index contributed by atoms with van der Waals surface area (Å²) in [6, 6.07) is 0. The third kappa shape index (κ3) is 4.48. The van der Waals surface area contributed by atoms with Crippen LogP contribution in [0.4, 0.5) is 0 Å². The molecule has 1 aliphatic heterocycles. The second-order valence-electron chi connectivity index (χ2n) is 9.26. The first-order valence-electron chi connectivity index (χ1n) is 11.2. The minimum absolute atomic E-state index is 0.0611. The number of carbonyl (C=O) groups excluding carboxylic acids is 3. The average Bonchev–Trinajstić information content (AvgIpc) is 2.96. The molecule has 0 aromatic carbocycles. The molecule has 5 unspecified atom stereocenters. The van der Waals surface area contributed by atoms with Crippen LogP contribution in [0.1, 0.15) is 73.6 Å². The summed E-state index contributed by atoms with van der Waals surface area (Å²) in [5.74, 6) is -0.952. The van der Waals surface area contributed by atoms with E-state index in [-0.39, 0.29) is 36.4 Å². The van der Waals surface area contributed by atoms with Gasteiger partial charge in [0, 0.05) is 30.8 Å². The minimum atomic E-state index is -0.629. The van der Waals surface area contributed by atoms with Crippen molar-refractivity contribution in [3.8, 4) is 0 Å². The van der Waals surface area contributed by atoms with Crippen molar-refractivity contribution in [3.05, 3.63) is 34.4 Å². The molecule has 170 valence electrons. The van der Waals surface area contributed by atoms with Crippen LogP contribution in [0, 0.1) is 11.3 Å². The Morgan fingerprint density at radius 3 is 2.55 bits per heavy atom. The van der Waals surface area contributed by atoms with E-state index in [1.165, 1.54) is 6.92 Å². The summed E-state index contributed by atoms with van der Waals surface area (Å²) in [4.78, 5) is 36.7. The maximum absolute atomic E-state index is 12.4. The highest BCUT2D eigenvalue weighted by Gasteiger charge is 2.54. The molecule has 2 aliphatic carbocycles. The Morgan fingerprint density at radius 2 is 1.90 bits per heavy atom. The quantitative estimate of drug-likeness (QED) is 0.370. The van der Waals surface area contributed by atoms with Gasteiger partial charge in [0.25, 0.3) is 0 Å². The molecule has 5 atom stereocenters. The van der Waals surface area contributed by atoms with Gasteiger partial charge >= 0.3 is 17.9 Å². The van der Waals surface area contributed by atoms with Gasteiger partial charge in [0.2, 0.25) is 0 Å². The third-order valence-corrected chi connectivity index (χ3v) is 7.24. The number of ether oxygens (including phenoxy) is 3. The summed E-state index contributed by atoms with van der Waals surface area (Å²) in [6.45, 7) is 11.2. The molecule has 0 fully saturated rings. The second-order valence-corrected chi connectivity index (χ2v) is 9.26. The lowest BCUT2D eigenvalue weighted by Crippen LogP contribution is -2.54. The van der Waals surface area contributed by atoms with Gasteiger partial charge < -0.3 is 14.2 Å². The molecule has 0 aromatic rings. The molecule has 0 saturated carbocycles. The van der Waals surface area contributed by atoms with Gasteiger partial charge in [0.05, 0.1) is 0 Å². The molecule has 0 aromatic heterocycles. The Kier molecular flexibility index (Phi) is 6.77. The van der Waals surface area contributed by atoms with Crippen molar-refractivity contribution in [2.45, 2.75) is 92.0 Å². The zero-order valence-corrected chi connectivity index (χ0v) is 19.4. The molecule has 3 aliphatic rings. The topological polar surface area (TPSA) is 78.9 Å². The number of fused-ring (bicyclic) bond motifs is 2. The largest absolute Gasteiger partial charge is 0.462 e. The van der Waals surface area contributed by atoms with E-state index in [1.807, 2.05) is 19.9 Å². The van der Waals surface area contributed by atoms with Crippen LogP contribution in [0.25, 0.3) is 0 Å². The Labute approximate surface area is 184 Å². The molecule has 6 nitrogen and oxygen atoms in total. The first kappa shape index (κ1) is 23.3. The van der Waals surface area contributed by atoms with Crippen LogP contribution >= 0.6 is 0 Å². The lowest BCUT2D eigenvalue weighted by molar-refractivity contribution is -0.180. The SMILES string of the molecule is CCC(=O)OC1CCC(C)=CC2OC(=O)C(C)=C2CC2C(C)=CCC(OC(C)=O)C12C. The van der Waals surface area contributed by atoms with E-state index in [0.717, 1.165) is 16.7 Å². The fourth-order valence-corrected chi connectivity index (χ4v) is 5.27. The van der Waals surface area contributed by atoms with Crippen molar-refractivity contribution in [2.24, 2.45) is 11.3 Å². The van der Waals surface area contributed by atoms with Crippen LogP contribution in [-0.2, 0) is 28.6 Å². The van der Waals surface area contributed by atoms with Gasteiger partial charge in [0.15, 0.2) is 0 Å². The predicted octanol–water partition coefficient (Wildman–Crippen LogP) is 4.58. The maximum Gasteiger partial charge on any atom is 0.334 e. The highest BCUT2D eigenvalue weighted by atomic mass is 16.6. The van der Waals surface area contributed by atoms with Crippen molar-refractivity contribution < 1.29 is 28.6 Å². The van der Waals surface area contributed by atoms with Crippen molar-refractivity contribution in [3.63, 3.8) is 0 Å². The molecule has 0 bridgehead atoms. The lowest BCUT2D eigenvalue weighted by Gasteiger charge is -2.50.